The van der Waals surface area contributed by atoms with Gasteiger partial charge in [-0.15, -0.1) is 11.8 Å². The van der Waals surface area contributed by atoms with Gasteiger partial charge in [0.15, 0.2) is 11.7 Å². The Kier molecular flexibility index (Phi) is 5.13. The lowest BCUT2D eigenvalue weighted by atomic mass is 9.95. The van der Waals surface area contributed by atoms with Crippen LogP contribution in [0.2, 0.25) is 0 Å². The van der Waals surface area contributed by atoms with Gasteiger partial charge in [0.05, 0.1) is 11.8 Å². The molecule has 0 saturated carbocycles. The second-order valence-electron chi connectivity index (χ2n) is 4.84. The molecule has 0 aliphatic heterocycles. The van der Waals surface area contributed by atoms with E-state index in [-0.39, 0.29) is 5.78 Å². The first-order valence-corrected chi connectivity index (χ1v) is 7.62. The zero-order valence-corrected chi connectivity index (χ0v) is 12.8. The summed E-state index contributed by atoms with van der Waals surface area (Å²) in [5, 5.41) is 9.74. The monoisotopic (exact) mass is 296 g/mol. The van der Waals surface area contributed by atoms with E-state index in [2.05, 4.69) is 24.9 Å². The number of nitrogens with zero attached hydrogens (tertiary/aromatic N) is 2. The molecule has 106 valence electrons. The minimum atomic E-state index is -0.861. The molecular formula is C17H16N2OS. The summed E-state index contributed by atoms with van der Waals surface area (Å²) < 4.78 is 0. The Morgan fingerprint density at radius 3 is 2.52 bits per heavy atom. The Balaban J connectivity index is 2.37. The number of thioether (sulfide) groups is 1. The van der Waals surface area contributed by atoms with Gasteiger partial charge in [-0.2, -0.15) is 5.26 Å². The van der Waals surface area contributed by atoms with E-state index < -0.39 is 5.92 Å². The minimum absolute atomic E-state index is 0.194. The van der Waals surface area contributed by atoms with Crippen LogP contribution in [0.1, 0.15) is 35.8 Å². The Hall–Kier alpha value is -2.12. The van der Waals surface area contributed by atoms with Crippen molar-refractivity contribution in [2.45, 2.75) is 29.9 Å². The molecule has 0 spiro atoms. The number of carbonyl (C=O) groups excluding carboxylic acids is 1. The lowest BCUT2D eigenvalue weighted by Crippen LogP contribution is -2.13. The predicted octanol–water partition coefficient (Wildman–Crippen LogP) is 4.07. The zero-order chi connectivity index (χ0) is 15.2. The van der Waals surface area contributed by atoms with Crippen molar-refractivity contribution in [2.75, 3.05) is 0 Å². The molecule has 0 radical (unpaired) electrons. The van der Waals surface area contributed by atoms with Crippen LogP contribution in [-0.2, 0) is 0 Å². The molecule has 1 aromatic heterocycles. The first kappa shape index (κ1) is 15.3. The summed E-state index contributed by atoms with van der Waals surface area (Å²) in [7, 11) is 0. The van der Waals surface area contributed by atoms with Gasteiger partial charge in [-0.05, 0) is 18.2 Å². The van der Waals surface area contributed by atoms with Crippen LogP contribution in [0.5, 0.6) is 0 Å². The predicted molar refractivity (Wildman–Crippen MR) is 84.4 cm³/mol. The lowest BCUT2D eigenvalue weighted by molar-refractivity contribution is 0.0975. The number of aromatic nitrogens is 1. The smallest absolute Gasteiger partial charge is 0.187 e. The summed E-state index contributed by atoms with van der Waals surface area (Å²) >= 11 is 1.63. The van der Waals surface area contributed by atoms with Crippen molar-refractivity contribution in [1.82, 2.24) is 4.98 Å². The Labute approximate surface area is 129 Å². The van der Waals surface area contributed by atoms with Crippen molar-refractivity contribution in [1.29, 1.82) is 5.26 Å². The van der Waals surface area contributed by atoms with Crippen LogP contribution in [0.3, 0.4) is 0 Å². The molecule has 0 bridgehead atoms. The summed E-state index contributed by atoms with van der Waals surface area (Å²) in [5.74, 6) is -1.06. The molecule has 1 atom stereocenters. The molecule has 2 aromatic rings. The molecule has 4 heteroatoms. The largest absolute Gasteiger partial charge is 0.292 e. The van der Waals surface area contributed by atoms with Gasteiger partial charge < -0.3 is 0 Å². The number of nitriles is 1. The number of hydrogen-bond acceptors (Lipinski definition) is 4. The third kappa shape index (κ3) is 3.71. The Morgan fingerprint density at radius 1 is 1.19 bits per heavy atom. The SMILES string of the molecule is CC(C)Sc1ccccc1C(=O)[C@H](C#N)c1ccccn1. The highest BCUT2D eigenvalue weighted by Gasteiger charge is 2.25. The third-order valence-electron chi connectivity index (χ3n) is 2.89. The molecule has 1 aromatic carbocycles. The van der Waals surface area contributed by atoms with Crippen LogP contribution in [0.4, 0.5) is 0 Å². The second-order valence-corrected chi connectivity index (χ2v) is 6.46. The maximum absolute atomic E-state index is 12.7. The van der Waals surface area contributed by atoms with Crippen molar-refractivity contribution in [3.63, 3.8) is 0 Å². The fourth-order valence-corrected chi connectivity index (χ4v) is 2.95. The number of benzene rings is 1. The highest BCUT2D eigenvalue weighted by molar-refractivity contribution is 8.00. The summed E-state index contributed by atoms with van der Waals surface area (Å²) in [4.78, 5) is 17.8. The van der Waals surface area contributed by atoms with Crippen molar-refractivity contribution in [2.24, 2.45) is 0 Å². The zero-order valence-electron chi connectivity index (χ0n) is 12.0. The summed E-state index contributed by atoms with van der Waals surface area (Å²) in [5.41, 5.74) is 1.09. The molecule has 0 aliphatic carbocycles. The van der Waals surface area contributed by atoms with Gasteiger partial charge in [0, 0.05) is 21.9 Å². The van der Waals surface area contributed by atoms with Crippen molar-refractivity contribution >= 4 is 17.5 Å². The van der Waals surface area contributed by atoms with Crippen LogP contribution in [0.15, 0.2) is 53.6 Å². The van der Waals surface area contributed by atoms with Crippen LogP contribution in [0, 0.1) is 11.3 Å². The molecule has 0 unspecified atom stereocenters. The van der Waals surface area contributed by atoms with Gasteiger partial charge >= 0.3 is 0 Å². The standard InChI is InChI=1S/C17H16N2OS/c1-12(2)21-16-9-4-3-7-13(16)17(20)14(11-18)15-8-5-6-10-19-15/h3-10,12,14H,1-2H3/t14-/m1/s1. The first-order valence-electron chi connectivity index (χ1n) is 6.74. The number of ketones is 1. The van der Waals surface area contributed by atoms with Gasteiger partial charge in [0.2, 0.25) is 0 Å². The molecule has 0 N–H and O–H groups in total. The topological polar surface area (TPSA) is 53.8 Å². The van der Waals surface area contributed by atoms with E-state index in [0.717, 1.165) is 4.90 Å². The van der Waals surface area contributed by atoms with E-state index in [1.54, 1.807) is 42.2 Å². The highest BCUT2D eigenvalue weighted by Crippen LogP contribution is 2.29. The molecule has 21 heavy (non-hydrogen) atoms. The fraction of sp³-hybridized carbons (Fsp3) is 0.235. The maximum atomic E-state index is 12.7. The number of hydrogen-bond donors (Lipinski definition) is 0. The van der Waals surface area contributed by atoms with E-state index in [1.807, 2.05) is 18.2 Å². The quantitative estimate of drug-likeness (QED) is 0.616. The third-order valence-corrected chi connectivity index (χ3v) is 3.97. The van der Waals surface area contributed by atoms with Gasteiger partial charge in [0.1, 0.15) is 0 Å². The van der Waals surface area contributed by atoms with Gasteiger partial charge in [-0.1, -0.05) is 38.1 Å². The minimum Gasteiger partial charge on any atom is -0.292 e. The lowest BCUT2D eigenvalue weighted by Gasteiger charge is -2.13. The highest BCUT2D eigenvalue weighted by atomic mass is 32.2. The summed E-state index contributed by atoms with van der Waals surface area (Å²) in [6, 6.07) is 14.8. The Morgan fingerprint density at radius 2 is 1.90 bits per heavy atom. The van der Waals surface area contributed by atoms with Crippen LogP contribution in [0.25, 0.3) is 0 Å². The molecule has 3 nitrogen and oxygen atoms in total. The van der Waals surface area contributed by atoms with E-state index >= 15 is 0 Å². The second kappa shape index (κ2) is 7.05. The molecule has 1 heterocycles. The molecule has 0 aliphatic rings. The maximum Gasteiger partial charge on any atom is 0.187 e. The molecule has 0 saturated heterocycles. The Bertz CT molecular complexity index is 662. The van der Waals surface area contributed by atoms with E-state index in [1.165, 1.54) is 0 Å². The number of carbonyl (C=O) groups is 1. The van der Waals surface area contributed by atoms with E-state index in [0.29, 0.717) is 16.5 Å². The molecule has 0 fully saturated rings. The van der Waals surface area contributed by atoms with Crippen LogP contribution in [-0.4, -0.2) is 16.0 Å². The molecular weight excluding hydrogens is 280 g/mol. The van der Waals surface area contributed by atoms with Crippen molar-refractivity contribution in [3.8, 4) is 6.07 Å². The average Bonchev–Trinajstić information content (AvgIpc) is 2.49. The molecule has 0 amide bonds. The van der Waals surface area contributed by atoms with Gasteiger partial charge in [0.25, 0.3) is 0 Å². The van der Waals surface area contributed by atoms with Crippen molar-refractivity contribution in [3.05, 3.63) is 59.9 Å². The van der Waals surface area contributed by atoms with Crippen molar-refractivity contribution < 1.29 is 4.79 Å². The molecule has 2 rings (SSSR count). The van der Waals surface area contributed by atoms with Crippen LogP contribution >= 0.6 is 11.8 Å². The van der Waals surface area contributed by atoms with E-state index in [4.69, 9.17) is 0 Å². The number of rotatable bonds is 5. The van der Waals surface area contributed by atoms with Gasteiger partial charge in [-0.25, -0.2) is 0 Å². The summed E-state index contributed by atoms with van der Waals surface area (Å²) in [6.45, 7) is 4.15. The number of pyridine rings is 1. The van der Waals surface area contributed by atoms with Gasteiger partial charge in [-0.3, -0.25) is 9.78 Å². The normalized spacial score (nSPS) is 11.9. The first-order chi connectivity index (χ1) is 10.1. The van der Waals surface area contributed by atoms with Crippen LogP contribution < -0.4 is 0 Å². The summed E-state index contributed by atoms with van der Waals surface area (Å²) in [6.07, 6.45) is 1.60. The number of Topliss-reactive ketones (excluding diaryl/α,β-unsaturated/α-hetero) is 1. The van der Waals surface area contributed by atoms with E-state index in [9.17, 15) is 10.1 Å². The average molecular weight is 296 g/mol. The fourth-order valence-electron chi connectivity index (χ4n) is 1.99.